The van der Waals surface area contributed by atoms with Gasteiger partial charge in [-0.25, -0.2) is 0 Å². The molecule has 1 saturated carbocycles. The van der Waals surface area contributed by atoms with Crippen molar-refractivity contribution in [1.29, 1.82) is 0 Å². The molecule has 2 heteroatoms. The van der Waals surface area contributed by atoms with Crippen molar-refractivity contribution in [1.82, 2.24) is 5.32 Å². The first-order valence-electron chi connectivity index (χ1n) is 5.60. The van der Waals surface area contributed by atoms with Gasteiger partial charge in [0.1, 0.15) is 0 Å². The molecule has 3 unspecified atom stereocenters. The molecule has 0 heterocycles. The van der Waals surface area contributed by atoms with E-state index in [1.165, 1.54) is 32.1 Å². The predicted molar refractivity (Wildman–Crippen MR) is 62.4 cm³/mol. The highest BCUT2D eigenvalue weighted by Gasteiger charge is 2.25. The summed E-state index contributed by atoms with van der Waals surface area (Å²) in [6, 6.07) is 0.771. The minimum absolute atomic E-state index is 0.771. The lowest BCUT2D eigenvalue weighted by Gasteiger charge is -2.32. The van der Waals surface area contributed by atoms with E-state index in [2.05, 4.69) is 38.0 Å². The van der Waals surface area contributed by atoms with Gasteiger partial charge in [0.05, 0.1) is 0 Å². The number of hydrogen-bond acceptors (Lipinski definition) is 2. The van der Waals surface area contributed by atoms with Gasteiger partial charge in [-0.15, -0.1) is 0 Å². The van der Waals surface area contributed by atoms with E-state index in [-0.39, 0.29) is 0 Å². The molecule has 0 aromatic heterocycles. The molecule has 1 nitrogen and oxygen atoms in total. The van der Waals surface area contributed by atoms with Gasteiger partial charge in [0.2, 0.25) is 0 Å². The smallest absolute Gasteiger partial charge is 0.0203 e. The van der Waals surface area contributed by atoms with Gasteiger partial charge in [0.15, 0.2) is 0 Å². The lowest BCUT2D eigenvalue weighted by Crippen LogP contribution is -2.38. The van der Waals surface area contributed by atoms with E-state index in [4.69, 9.17) is 0 Å². The summed E-state index contributed by atoms with van der Waals surface area (Å²) in [5.41, 5.74) is 0. The van der Waals surface area contributed by atoms with Crippen molar-refractivity contribution >= 4 is 11.8 Å². The quantitative estimate of drug-likeness (QED) is 0.750. The Labute approximate surface area is 87.1 Å². The van der Waals surface area contributed by atoms with E-state index in [9.17, 15) is 0 Å². The van der Waals surface area contributed by atoms with Crippen LogP contribution in [0.2, 0.25) is 0 Å². The second-order valence-corrected chi connectivity index (χ2v) is 5.76. The standard InChI is InChI=1S/C11H23NS/c1-4-9(2)13-11-8-6-5-7-10(11)12-3/h9-12H,4-8H2,1-3H3. The van der Waals surface area contributed by atoms with E-state index >= 15 is 0 Å². The maximum Gasteiger partial charge on any atom is 0.0203 e. The van der Waals surface area contributed by atoms with Crippen molar-refractivity contribution in [3.63, 3.8) is 0 Å². The fourth-order valence-corrected chi connectivity index (χ4v) is 3.54. The topological polar surface area (TPSA) is 12.0 Å². The van der Waals surface area contributed by atoms with Gasteiger partial charge in [0.25, 0.3) is 0 Å². The Morgan fingerprint density at radius 1 is 1.38 bits per heavy atom. The number of rotatable bonds is 4. The Kier molecular flexibility index (Phi) is 5.18. The molecule has 0 radical (unpaired) electrons. The highest BCUT2D eigenvalue weighted by atomic mass is 32.2. The van der Waals surface area contributed by atoms with Crippen molar-refractivity contribution < 1.29 is 0 Å². The van der Waals surface area contributed by atoms with Crippen molar-refractivity contribution in [2.24, 2.45) is 0 Å². The zero-order valence-electron chi connectivity index (χ0n) is 9.18. The van der Waals surface area contributed by atoms with Crippen LogP contribution in [-0.4, -0.2) is 23.6 Å². The molecule has 78 valence electrons. The van der Waals surface area contributed by atoms with Gasteiger partial charge in [-0.05, 0) is 26.3 Å². The van der Waals surface area contributed by atoms with Crippen LogP contribution in [0.15, 0.2) is 0 Å². The Morgan fingerprint density at radius 2 is 2.08 bits per heavy atom. The van der Waals surface area contributed by atoms with Crippen molar-refractivity contribution in [3.8, 4) is 0 Å². The summed E-state index contributed by atoms with van der Waals surface area (Å²) < 4.78 is 0. The molecular formula is C11H23NS. The molecule has 1 aliphatic rings. The Balaban J connectivity index is 2.35. The third kappa shape index (κ3) is 3.51. The molecule has 0 bridgehead atoms. The van der Waals surface area contributed by atoms with E-state index in [1.54, 1.807) is 0 Å². The van der Waals surface area contributed by atoms with E-state index in [0.29, 0.717) is 0 Å². The largest absolute Gasteiger partial charge is 0.316 e. The third-order valence-corrected chi connectivity index (χ3v) is 4.77. The Hall–Kier alpha value is 0.310. The van der Waals surface area contributed by atoms with Crippen LogP contribution in [0.1, 0.15) is 46.0 Å². The molecular weight excluding hydrogens is 178 g/mol. The van der Waals surface area contributed by atoms with Crippen molar-refractivity contribution in [2.45, 2.75) is 62.5 Å². The van der Waals surface area contributed by atoms with Crippen LogP contribution < -0.4 is 5.32 Å². The van der Waals surface area contributed by atoms with E-state index in [0.717, 1.165) is 16.5 Å². The lowest BCUT2D eigenvalue weighted by molar-refractivity contribution is 0.404. The fourth-order valence-electron chi connectivity index (χ4n) is 1.98. The zero-order valence-corrected chi connectivity index (χ0v) is 9.99. The molecule has 3 atom stereocenters. The van der Waals surface area contributed by atoms with Gasteiger partial charge >= 0.3 is 0 Å². The molecule has 1 fully saturated rings. The van der Waals surface area contributed by atoms with Gasteiger partial charge in [-0.1, -0.05) is 26.7 Å². The molecule has 0 aliphatic heterocycles. The van der Waals surface area contributed by atoms with Crippen LogP contribution in [0.4, 0.5) is 0 Å². The van der Waals surface area contributed by atoms with Crippen molar-refractivity contribution in [2.75, 3.05) is 7.05 Å². The monoisotopic (exact) mass is 201 g/mol. The summed E-state index contributed by atoms with van der Waals surface area (Å²) in [5, 5.41) is 5.16. The second kappa shape index (κ2) is 5.92. The predicted octanol–water partition coefficient (Wildman–Crippen LogP) is 3.05. The van der Waals surface area contributed by atoms with Gasteiger partial charge in [0, 0.05) is 16.5 Å². The Morgan fingerprint density at radius 3 is 2.69 bits per heavy atom. The minimum Gasteiger partial charge on any atom is -0.316 e. The summed E-state index contributed by atoms with van der Waals surface area (Å²) in [6.45, 7) is 4.64. The maximum atomic E-state index is 3.46. The third-order valence-electron chi connectivity index (χ3n) is 3.06. The van der Waals surface area contributed by atoms with E-state index in [1.807, 2.05) is 0 Å². The number of thioether (sulfide) groups is 1. The average Bonchev–Trinajstić information content (AvgIpc) is 2.18. The SMILES string of the molecule is CCC(C)SC1CCCCC1NC. The molecule has 0 aromatic rings. The van der Waals surface area contributed by atoms with Gasteiger partial charge < -0.3 is 5.32 Å². The summed E-state index contributed by atoms with van der Waals surface area (Å²) in [4.78, 5) is 0. The van der Waals surface area contributed by atoms with Crippen LogP contribution in [0.5, 0.6) is 0 Å². The highest BCUT2D eigenvalue weighted by Crippen LogP contribution is 2.32. The molecule has 1 N–H and O–H groups in total. The van der Waals surface area contributed by atoms with Crippen molar-refractivity contribution in [3.05, 3.63) is 0 Å². The molecule has 0 amide bonds. The summed E-state index contributed by atoms with van der Waals surface area (Å²) in [6.07, 6.45) is 6.96. The van der Waals surface area contributed by atoms with Crippen LogP contribution in [0.25, 0.3) is 0 Å². The first-order valence-corrected chi connectivity index (χ1v) is 6.55. The van der Waals surface area contributed by atoms with Gasteiger partial charge in [-0.3, -0.25) is 0 Å². The molecule has 1 rings (SSSR count). The zero-order chi connectivity index (χ0) is 9.68. The molecule has 13 heavy (non-hydrogen) atoms. The Bertz CT molecular complexity index is 138. The highest BCUT2D eigenvalue weighted by molar-refractivity contribution is 8.00. The molecule has 1 aliphatic carbocycles. The number of hydrogen-bond donors (Lipinski definition) is 1. The first-order chi connectivity index (χ1) is 6.27. The lowest BCUT2D eigenvalue weighted by atomic mass is 9.95. The maximum absolute atomic E-state index is 3.46. The molecule has 0 spiro atoms. The van der Waals surface area contributed by atoms with Crippen LogP contribution >= 0.6 is 11.8 Å². The minimum atomic E-state index is 0.771. The number of nitrogens with one attached hydrogen (secondary N) is 1. The summed E-state index contributed by atoms with van der Waals surface area (Å²) in [7, 11) is 2.11. The van der Waals surface area contributed by atoms with Crippen LogP contribution in [-0.2, 0) is 0 Å². The summed E-state index contributed by atoms with van der Waals surface area (Å²) in [5.74, 6) is 0. The normalized spacial score (nSPS) is 31.6. The van der Waals surface area contributed by atoms with Crippen LogP contribution in [0, 0.1) is 0 Å². The van der Waals surface area contributed by atoms with Gasteiger partial charge in [-0.2, -0.15) is 11.8 Å². The second-order valence-electron chi connectivity index (χ2n) is 4.07. The van der Waals surface area contributed by atoms with Crippen LogP contribution in [0.3, 0.4) is 0 Å². The van der Waals surface area contributed by atoms with E-state index < -0.39 is 0 Å². The molecule has 0 saturated heterocycles. The first kappa shape index (κ1) is 11.4. The fraction of sp³-hybridized carbons (Fsp3) is 1.00. The average molecular weight is 201 g/mol. The molecule has 0 aromatic carbocycles. The summed E-state index contributed by atoms with van der Waals surface area (Å²) >= 11 is 2.19.